The summed E-state index contributed by atoms with van der Waals surface area (Å²) in [5, 5.41) is 3.32. The van der Waals surface area contributed by atoms with Gasteiger partial charge in [-0.3, -0.25) is 4.79 Å². The molecule has 2 aliphatic rings. The van der Waals surface area contributed by atoms with Crippen LogP contribution in [0.4, 0.5) is 0 Å². The van der Waals surface area contributed by atoms with E-state index in [4.69, 9.17) is 4.74 Å². The van der Waals surface area contributed by atoms with Crippen LogP contribution in [0, 0.1) is 0 Å². The standard InChI is InChI=1S/C12H14N2O2/c1-16-10-4-2-3-8-9-7-13-5-6-14(9)12(15)11(8)10/h2-4,9,13H,5-7H2,1H3. The fourth-order valence-electron chi connectivity index (χ4n) is 2.59. The van der Waals surface area contributed by atoms with Gasteiger partial charge >= 0.3 is 0 Å². The molecule has 1 N–H and O–H groups in total. The molecule has 4 heteroatoms. The maximum atomic E-state index is 12.2. The van der Waals surface area contributed by atoms with E-state index in [1.807, 2.05) is 23.1 Å². The van der Waals surface area contributed by atoms with E-state index in [-0.39, 0.29) is 11.9 Å². The SMILES string of the molecule is COc1cccc2c1C(=O)N1CCNCC21. The Morgan fingerprint density at radius 3 is 3.19 bits per heavy atom. The van der Waals surface area contributed by atoms with Crippen LogP contribution in [0.15, 0.2) is 18.2 Å². The van der Waals surface area contributed by atoms with Crippen molar-refractivity contribution in [2.24, 2.45) is 0 Å². The molecule has 0 aliphatic carbocycles. The van der Waals surface area contributed by atoms with Crippen LogP contribution in [0.5, 0.6) is 5.75 Å². The molecule has 1 unspecified atom stereocenters. The minimum Gasteiger partial charge on any atom is -0.496 e. The van der Waals surface area contributed by atoms with E-state index in [9.17, 15) is 4.79 Å². The van der Waals surface area contributed by atoms with E-state index in [0.717, 1.165) is 30.8 Å². The van der Waals surface area contributed by atoms with Crippen molar-refractivity contribution in [3.8, 4) is 5.75 Å². The number of amides is 1. The van der Waals surface area contributed by atoms with Crippen molar-refractivity contribution in [3.05, 3.63) is 29.3 Å². The summed E-state index contributed by atoms with van der Waals surface area (Å²) in [5.74, 6) is 0.802. The molecule has 0 spiro atoms. The molecule has 4 nitrogen and oxygen atoms in total. The second-order valence-electron chi connectivity index (χ2n) is 4.14. The topological polar surface area (TPSA) is 41.6 Å². The van der Waals surface area contributed by atoms with Crippen LogP contribution in [-0.2, 0) is 0 Å². The van der Waals surface area contributed by atoms with Crippen LogP contribution in [0.1, 0.15) is 22.0 Å². The average Bonchev–Trinajstić information content (AvgIpc) is 2.64. The summed E-state index contributed by atoms with van der Waals surface area (Å²) < 4.78 is 5.27. The van der Waals surface area contributed by atoms with Crippen LogP contribution >= 0.6 is 0 Å². The summed E-state index contributed by atoms with van der Waals surface area (Å²) in [4.78, 5) is 14.2. The number of nitrogens with zero attached hydrogens (tertiary/aromatic N) is 1. The van der Waals surface area contributed by atoms with Gasteiger partial charge in [-0.1, -0.05) is 12.1 Å². The summed E-state index contributed by atoms with van der Waals surface area (Å²) in [6, 6.07) is 6.00. The zero-order valence-corrected chi connectivity index (χ0v) is 9.19. The smallest absolute Gasteiger partial charge is 0.258 e. The minimum atomic E-state index is 0.110. The van der Waals surface area contributed by atoms with Crippen molar-refractivity contribution in [3.63, 3.8) is 0 Å². The summed E-state index contributed by atoms with van der Waals surface area (Å²) in [6.07, 6.45) is 0. The Morgan fingerprint density at radius 2 is 2.38 bits per heavy atom. The predicted octanol–water partition coefficient (Wildman–Crippen LogP) is 0.795. The van der Waals surface area contributed by atoms with E-state index < -0.39 is 0 Å². The monoisotopic (exact) mass is 218 g/mol. The third-order valence-corrected chi connectivity index (χ3v) is 3.36. The Kier molecular flexibility index (Phi) is 2.11. The first-order chi connectivity index (χ1) is 7.83. The van der Waals surface area contributed by atoms with Gasteiger partial charge in [0.15, 0.2) is 0 Å². The highest BCUT2D eigenvalue weighted by atomic mass is 16.5. The zero-order chi connectivity index (χ0) is 11.1. The maximum absolute atomic E-state index is 12.2. The molecular weight excluding hydrogens is 204 g/mol. The number of ether oxygens (including phenoxy) is 1. The van der Waals surface area contributed by atoms with E-state index in [2.05, 4.69) is 5.32 Å². The Bertz CT molecular complexity index is 445. The summed E-state index contributed by atoms with van der Waals surface area (Å²) in [6.45, 7) is 2.49. The minimum absolute atomic E-state index is 0.110. The highest BCUT2D eigenvalue weighted by Crippen LogP contribution is 2.38. The molecule has 3 rings (SSSR count). The molecule has 1 saturated heterocycles. The van der Waals surface area contributed by atoms with Gasteiger partial charge in [-0.05, 0) is 11.6 Å². The molecule has 1 fully saturated rings. The number of piperazine rings is 1. The molecule has 16 heavy (non-hydrogen) atoms. The highest BCUT2D eigenvalue weighted by molar-refractivity contribution is 6.01. The van der Waals surface area contributed by atoms with Crippen molar-refractivity contribution in [2.75, 3.05) is 26.7 Å². The highest BCUT2D eigenvalue weighted by Gasteiger charge is 2.39. The lowest BCUT2D eigenvalue weighted by atomic mass is 10.0. The molecule has 1 amide bonds. The number of carbonyl (C=O) groups excluding carboxylic acids is 1. The Balaban J connectivity index is 2.13. The van der Waals surface area contributed by atoms with Crippen LogP contribution in [0.3, 0.4) is 0 Å². The number of rotatable bonds is 1. The number of nitrogens with one attached hydrogen (secondary N) is 1. The van der Waals surface area contributed by atoms with Crippen molar-refractivity contribution in [2.45, 2.75) is 6.04 Å². The molecule has 84 valence electrons. The molecule has 2 aliphatic heterocycles. The summed E-state index contributed by atoms with van der Waals surface area (Å²) in [5.41, 5.74) is 1.84. The molecule has 1 atom stereocenters. The van der Waals surface area contributed by atoms with Crippen LogP contribution in [-0.4, -0.2) is 37.6 Å². The van der Waals surface area contributed by atoms with E-state index in [1.54, 1.807) is 7.11 Å². The number of carbonyl (C=O) groups is 1. The van der Waals surface area contributed by atoms with E-state index in [0.29, 0.717) is 5.75 Å². The fraction of sp³-hybridized carbons (Fsp3) is 0.417. The van der Waals surface area contributed by atoms with Crippen LogP contribution in [0.2, 0.25) is 0 Å². The van der Waals surface area contributed by atoms with Crippen LogP contribution in [0.25, 0.3) is 0 Å². The second-order valence-corrected chi connectivity index (χ2v) is 4.14. The third-order valence-electron chi connectivity index (χ3n) is 3.36. The van der Waals surface area contributed by atoms with Gasteiger partial charge < -0.3 is 15.0 Å². The molecule has 1 aromatic carbocycles. The van der Waals surface area contributed by atoms with Gasteiger partial charge in [0, 0.05) is 19.6 Å². The first-order valence-electron chi connectivity index (χ1n) is 5.51. The van der Waals surface area contributed by atoms with Gasteiger partial charge in [0.05, 0.1) is 18.7 Å². The largest absolute Gasteiger partial charge is 0.496 e. The molecule has 0 bridgehead atoms. The third kappa shape index (κ3) is 1.16. The van der Waals surface area contributed by atoms with Gasteiger partial charge in [-0.2, -0.15) is 0 Å². The summed E-state index contributed by atoms with van der Waals surface area (Å²) >= 11 is 0. The average molecular weight is 218 g/mol. The number of methoxy groups -OCH3 is 1. The van der Waals surface area contributed by atoms with Crippen molar-refractivity contribution >= 4 is 5.91 Å². The zero-order valence-electron chi connectivity index (χ0n) is 9.19. The number of benzene rings is 1. The first-order valence-corrected chi connectivity index (χ1v) is 5.51. The number of hydrogen-bond donors (Lipinski definition) is 1. The van der Waals surface area contributed by atoms with Crippen molar-refractivity contribution in [1.29, 1.82) is 0 Å². The van der Waals surface area contributed by atoms with E-state index >= 15 is 0 Å². The predicted molar refractivity (Wildman–Crippen MR) is 59.6 cm³/mol. The van der Waals surface area contributed by atoms with E-state index in [1.165, 1.54) is 0 Å². The molecule has 0 saturated carbocycles. The number of fused-ring (bicyclic) bond motifs is 3. The van der Waals surface area contributed by atoms with Crippen molar-refractivity contribution < 1.29 is 9.53 Å². The first kappa shape index (κ1) is 9.66. The molecule has 0 aromatic heterocycles. The van der Waals surface area contributed by atoms with Gasteiger partial charge in [0.2, 0.25) is 0 Å². The molecule has 0 radical (unpaired) electrons. The second kappa shape index (κ2) is 3.49. The Morgan fingerprint density at radius 1 is 1.50 bits per heavy atom. The molecular formula is C12H14N2O2. The lowest BCUT2D eigenvalue weighted by molar-refractivity contribution is 0.0689. The van der Waals surface area contributed by atoms with Gasteiger partial charge in [-0.15, -0.1) is 0 Å². The molecule has 2 heterocycles. The Labute approximate surface area is 94.2 Å². The Hall–Kier alpha value is -1.55. The number of hydrogen-bond acceptors (Lipinski definition) is 3. The molecule has 1 aromatic rings. The maximum Gasteiger partial charge on any atom is 0.258 e. The summed E-state index contributed by atoms with van der Waals surface area (Å²) in [7, 11) is 1.61. The van der Waals surface area contributed by atoms with Gasteiger partial charge in [-0.25, -0.2) is 0 Å². The van der Waals surface area contributed by atoms with Gasteiger partial charge in [0.25, 0.3) is 5.91 Å². The fourth-order valence-corrected chi connectivity index (χ4v) is 2.59. The quantitative estimate of drug-likeness (QED) is 0.758. The normalized spacial score (nSPS) is 22.9. The lowest BCUT2D eigenvalue weighted by Crippen LogP contribution is -2.44. The van der Waals surface area contributed by atoms with Crippen molar-refractivity contribution in [1.82, 2.24) is 10.2 Å². The van der Waals surface area contributed by atoms with Crippen LogP contribution < -0.4 is 10.1 Å². The lowest BCUT2D eigenvalue weighted by Gasteiger charge is -2.30. The van der Waals surface area contributed by atoms with Gasteiger partial charge in [0.1, 0.15) is 5.75 Å².